The average molecular weight is 496 g/mol. The van der Waals surface area contributed by atoms with E-state index in [2.05, 4.69) is 56.4 Å². The van der Waals surface area contributed by atoms with Gasteiger partial charge in [-0.25, -0.2) is 0 Å². The quantitative estimate of drug-likeness (QED) is 0.358. The highest BCUT2D eigenvalue weighted by atomic mass is 16.5. The first-order valence-corrected chi connectivity index (χ1v) is 12.6. The SMILES string of the molecule is Cc1cnc(C(C)Nc2ccc3c(c2)Cc2cccc(C4CN(c5ccc[nH]c5=O)CCO4)c2O3)cn1. The molecule has 8 nitrogen and oxygen atoms in total. The van der Waals surface area contributed by atoms with Crippen LogP contribution in [0, 0.1) is 6.92 Å². The van der Waals surface area contributed by atoms with Gasteiger partial charge in [-0.3, -0.25) is 14.8 Å². The standard InChI is InChI=1S/C29H29N5O3/c1-18-15-32-24(16-31-18)19(2)33-22-8-9-26-21(14-22)13-20-5-3-6-23(28(20)37-26)27-17-34(11-12-36-27)25-7-4-10-30-29(25)35/h3-10,14-16,19,27,33H,11-13,17H2,1-2H3,(H,30,35). The minimum Gasteiger partial charge on any atom is -0.456 e. The summed E-state index contributed by atoms with van der Waals surface area (Å²) in [6.45, 7) is 5.81. The van der Waals surface area contributed by atoms with Gasteiger partial charge in [-0.1, -0.05) is 18.2 Å². The molecule has 0 radical (unpaired) electrons. The third-order valence-corrected chi connectivity index (χ3v) is 6.96. The summed E-state index contributed by atoms with van der Waals surface area (Å²) in [4.78, 5) is 26.0. The first-order chi connectivity index (χ1) is 18.0. The summed E-state index contributed by atoms with van der Waals surface area (Å²) < 4.78 is 12.6. The third-order valence-electron chi connectivity index (χ3n) is 6.96. The van der Waals surface area contributed by atoms with Gasteiger partial charge >= 0.3 is 0 Å². The topological polar surface area (TPSA) is 92.4 Å². The van der Waals surface area contributed by atoms with Gasteiger partial charge in [-0.15, -0.1) is 0 Å². The molecule has 2 aromatic carbocycles. The molecule has 0 bridgehead atoms. The maximum absolute atomic E-state index is 12.3. The number of ether oxygens (including phenoxy) is 2. The van der Waals surface area contributed by atoms with E-state index in [1.165, 1.54) is 0 Å². The lowest BCUT2D eigenvalue weighted by Crippen LogP contribution is -2.41. The van der Waals surface area contributed by atoms with Gasteiger partial charge in [0.15, 0.2) is 0 Å². The Morgan fingerprint density at radius 3 is 2.86 bits per heavy atom. The van der Waals surface area contributed by atoms with Crippen LogP contribution >= 0.6 is 0 Å². The summed E-state index contributed by atoms with van der Waals surface area (Å²) in [5, 5.41) is 3.53. The van der Waals surface area contributed by atoms with Crippen LogP contribution in [0.1, 0.15) is 47.1 Å². The molecule has 2 aromatic heterocycles. The van der Waals surface area contributed by atoms with Crippen molar-refractivity contribution in [3.05, 3.63) is 106 Å². The first-order valence-electron chi connectivity index (χ1n) is 12.6. The predicted molar refractivity (Wildman–Crippen MR) is 143 cm³/mol. The van der Waals surface area contributed by atoms with Crippen LogP contribution in [-0.2, 0) is 11.2 Å². The van der Waals surface area contributed by atoms with Crippen molar-refractivity contribution in [2.75, 3.05) is 29.9 Å². The largest absolute Gasteiger partial charge is 0.456 e. The van der Waals surface area contributed by atoms with E-state index in [0.29, 0.717) is 25.4 Å². The zero-order valence-corrected chi connectivity index (χ0v) is 20.9. The molecule has 2 aliphatic rings. The molecule has 0 amide bonds. The number of rotatable bonds is 5. The van der Waals surface area contributed by atoms with Crippen molar-refractivity contribution in [1.29, 1.82) is 0 Å². The molecule has 2 aliphatic heterocycles. The van der Waals surface area contributed by atoms with Gasteiger partial charge in [0.1, 0.15) is 23.3 Å². The zero-order valence-electron chi connectivity index (χ0n) is 20.9. The van der Waals surface area contributed by atoms with Crippen LogP contribution in [-0.4, -0.2) is 34.6 Å². The first kappa shape index (κ1) is 23.2. The fourth-order valence-electron chi connectivity index (χ4n) is 5.01. The number of aromatic nitrogens is 3. The molecule has 37 heavy (non-hydrogen) atoms. The van der Waals surface area contributed by atoms with Crippen molar-refractivity contribution in [3.8, 4) is 11.5 Å². The highest BCUT2D eigenvalue weighted by Gasteiger charge is 2.29. The van der Waals surface area contributed by atoms with Crippen molar-refractivity contribution in [1.82, 2.24) is 15.0 Å². The van der Waals surface area contributed by atoms with Gasteiger partial charge in [0.05, 0.1) is 30.2 Å². The van der Waals surface area contributed by atoms with E-state index in [1.54, 1.807) is 12.4 Å². The van der Waals surface area contributed by atoms with E-state index in [1.807, 2.05) is 37.4 Å². The Morgan fingerprint density at radius 1 is 1.11 bits per heavy atom. The minimum absolute atomic E-state index is 0.0257. The molecule has 0 saturated carbocycles. The second-order valence-electron chi connectivity index (χ2n) is 9.58. The lowest BCUT2D eigenvalue weighted by atomic mass is 9.95. The van der Waals surface area contributed by atoms with E-state index in [9.17, 15) is 4.79 Å². The highest BCUT2D eigenvalue weighted by molar-refractivity contribution is 5.59. The van der Waals surface area contributed by atoms with Crippen molar-refractivity contribution in [2.24, 2.45) is 0 Å². The van der Waals surface area contributed by atoms with Crippen molar-refractivity contribution < 1.29 is 9.47 Å². The second-order valence-corrected chi connectivity index (χ2v) is 9.58. The van der Waals surface area contributed by atoms with E-state index in [-0.39, 0.29) is 17.7 Å². The number of anilines is 2. The van der Waals surface area contributed by atoms with Crippen LogP contribution in [0.4, 0.5) is 11.4 Å². The van der Waals surface area contributed by atoms with E-state index in [0.717, 1.165) is 51.7 Å². The Balaban J connectivity index is 1.22. The van der Waals surface area contributed by atoms with Crippen molar-refractivity contribution >= 4 is 11.4 Å². The van der Waals surface area contributed by atoms with Crippen LogP contribution in [0.2, 0.25) is 0 Å². The number of nitrogens with zero attached hydrogens (tertiary/aromatic N) is 3. The lowest BCUT2D eigenvalue weighted by molar-refractivity contribution is 0.0383. The number of aryl methyl sites for hydroxylation is 1. The zero-order chi connectivity index (χ0) is 25.4. The maximum Gasteiger partial charge on any atom is 0.271 e. The van der Waals surface area contributed by atoms with E-state index in [4.69, 9.17) is 9.47 Å². The molecule has 8 heteroatoms. The Morgan fingerprint density at radius 2 is 2.03 bits per heavy atom. The predicted octanol–water partition coefficient (Wildman–Crippen LogP) is 4.92. The number of fused-ring (bicyclic) bond motifs is 2. The highest BCUT2D eigenvalue weighted by Crippen LogP contribution is 2.43. The monoisotopic (exact) mass is 495 g/mol. The number of pyridine rings is 1. The normalized spacial score (nSPS) is 17.4. The number of hydrogen-bond acceptors (Lipinski definition) is 7. The van der Waals surface area contributed by atoms with Gasteiger partial charge in [0.2, 0.25) is 0 Å². The van der Waals surface area contributed by atoms with Gasteiger partial charge in [-0.05, 0) is 49.7 Å². The summed E-state index contributed by atoms with van der Waals surface area (Å²) in [5.74, 6) is 1.70. The Hall–Kier alpha value is -4.17. The second kappa shape index (κ2) is 9.71. The summed E-state index contributed by atoms with van der Waals surface area (Å²) in [6.07, 6.45) is 5.83. The Labute approximate surface area is 215 Å². The molecule has 1 saturated heterocycles. The number of nitrogens with one attached hydrogen (secondary N) is 2. The van der Waals surface area contributed by atoms with Crippen LogP contribution in [0.15, 0.2) is 71.9 Å². The van der Waals surface area contributed by atoms with Gasteiger partial charge in [-0.2, -0.15) is 0 Å². The fraction of sp³-hybridized carbons (Fsp3) is 0.276. The molecule has 2 unspecified atom stereocenters. The van der Waals surface area contributed by atoms with E-state index < -0.39 is 0 Å². The van der Waals surface area contributed by atoms with Crippen molar-refractivity contribution in [2.45, 2.75) is 32.4 Å². The summed E-state index contributed by atoms with van der Waals surface area (Å²) >= 11 is 0. The van der Waals surface area contributed by atoms with E-state index >= 15 is 0 Å². The number of hydrogen-bond donors (Lipinski definition) is 2. The number of H-pyrrole nitrogens is 1. The Kier molecular flexibility index (Phi) is 6.10. The summed E-state index contributed by atoms with van der Waals surface area (Å²) in [6, 6.07) is 16.1. The lowest BCUT2D eigenvalue weighted by Gasteiger charge is -2.35. The number of morpholine rings is 1. The average Bonchev–Trinajstić information content (AvgIpc) is 2.92. The number of para-hydroxylation sites is 1. The summed E-state index contributed by atoms with van der Waals surface area (Å²) in [5.41, 5.74) is 6.64. The molecule has 0 spiro atoms. The van der Waals surface area contributed by atoms with Crippen LogP contribution < -0.4 is 20.5 Å². The molecular formula is C29H29N5O3. The molecule has 4 heterocycles. The van der Waals surface area contributed by atoms with Crippen LogP contribution in [0.5, 0.6) is 11.5 Å². The van der Waals surface area contributed by atoms with Crippen LogP contribution in [0.3, 0.4) is 0 Å². The molecule has 6 rings (SSSR count). The van der Waals surface area contributed by atoms with Crippen LogP contribution in [0.25, 0.3) is 0 Å². The molecule has 1 fully saturated rings. The maximum atomic E-state index is 12.3. The third kappa shape index (κ3) is 4.68. The summed E-state index contributed by atoms with van der Waals surface area (Å²) in [7, 11) is 0. The fourth-order valence-corrected chi connectivity index (χ4v) is 5.01. The molecule has 2 atom stereocenters. The molecular weight excluding hydrogens is 466 g/mol. The molecule has 4 aromatic rings. The number of benzene rings is 2. The molecule has 0 aliphatic carbocycles. The van der Waals surface area contributed by atoms with Gasteiger partial charge in [0, 0.05) is 48.7 Å². The Bertz CT molecular complexity index is 1480. The number of aromatic amines is 1. The van der Waals surface area contributed by atoms with Crippen molar-refractivity contribution in [3.63, 3.8) is 0 Å². The van der Waals surface area contributed by atoms with Gasteiger partial charge in [0.25, 0.3) is 5.56 Å². The van der Waals surface area contributed by atoms with Gasteiger partial charge < -0.3 is 24.7 Å². The molecule has 2 N–H and O–H groups in total. The smallest absolute Gasteiger partial charge is 0.271 e. The minimum atomic E-state index is -0.192. The molecule has 188 valence electrons.